The van der Waals surface area contributed by atoms with Crippen LogP contribution >= 0.6 is 0 Å². The monoisotopic (exact) mass is 293 g/mol. The highest BCUT2D eigenvalue weighted by molar-refractivity contribution is 5.83. The molecule has 0 spiro atoms. The number of imidazole rings is 1. The number of fused-ring (bicyclic) bond motifs is 1. The van der Waals surface area contributed by atoms with E-state index in [1.54, 1.807) is 7.11 Å². The molecule has 1 aromatic heterocycles. The number of nitrogens with zero attached hydrogens (tertiary/aromatic N) is 2. The quantitative estimate of drug-likeness (QED) is 0.718. The minimum Gasteiger partial charge on any atom is -0.496 e. The van der Waals surface area contributed by atoms with Gasteiger partial charge >= 0.3 is 0 Å². The SMILES string of the molecule is [CH2]Cc1ccc(-n2c(CC)nc3c(C)c(OC)ccc32)cc1. The Balaban J connectivity index is 2.25. The summed E-state index contributed by atoms with van der Waals surface area (Å²) < 4.78 is 7.65. The van der Waals surface area contributed by atoms with E-state index in [9.17, 15) is 0 Å². The van der Waals surface area contributed by atoms with Crippen LogP contribution in [0.1, 0.15) is 23.9 Å². The lowest BCUT2D eigenvalue weighted by Crippen LogP contribution is -2.00. The summed E-state index contributed by atoms with van der Waals surface area (Å²) in [5.74, 6) is 1.95. The molecule has 0 saturated carbocycles. The van der Waals surface area contributed by atoms with Crippen molar-refractivity contribution in [1.82, 2.24) is 9.55 Å². The molecule has 3 aromatic rings. The summed E-state index contributed by atoms with van der Waals surface area (Å²) in [7, 11) is 1.70. The Bertz CT molecular complexity index is 800. The number of rotatable bonds is 4. The molecule has 0 fully saturated rings. The lowest BCUT2D eigenvalue weighted by molar-refractivity contribution is 0.412. The first-order valence-corrected chi connectivity index (χ1v) is 7.63. The van der Waals surface area contributed by atoms with Gasteiger partial charge in [-0.25, -0.2) is 4.98 Å². The van der Waals surface area contributed by atoms with E-state index in [-0.39, 0.29) is 0 Å². The van der Waals surface area contributed by atoms with Crippen LogP contribution < -0.4 is 4.74 Å². The van der Waals surface area contributed by atoms with Crippen LogP contribution in [-0.4, -0.2) is 16.7 Å². The first-order chi connectivity index (χ1) is 10.7. The van der Waals surface area contributed by atoms with Gasteiger partial charge in [-0.1, -0.05) is 19.1 Å². The second-order valence-corrected chi connectivity index (χ2v) is 5.39. The third-order valence-electron chi connectivity index (χ3n) is 4.12. The largest absolute Gasteiger partial charge is 0.496 e. The number of aryl methyl sites for hydroxylation is 2. The highest BCUT2D eigenvalue weighted by Crippen LogP contribution is 2.29. The van der Waals surface area contributed by atoms with E-state index in [1.807, 2.05) is 6.07 Å². The molecule has 0 N–H and O–H groups in total. The third kappa shape index (κ3) is 2.27. The summed E-state index contributed by atoms with van der Waals surface area (Å²) in [6.45, 7) is 8.12. The van der Waals surface area contributed by atoms with Crippen LogP contribution in [0.15, 0.2) is 36.4 Å². The topological polar surface area (TPSA) is 27.1 Å². The average molecular weight is 293 g/mol. The molecule has 0 saturated heterocycles. The van der Waals surface area contributed by atoms with Crippen molar-refractivity contribution >= 4 is 11.0 Å². The van der Waals surface area contributed by atoms with Gasteiger partial charge in [0.25, 0.3) is 0 Å². The summed E-state index contributed by atoms with van der Waals surface area (Å²) in [5.41, 5.74) is 5.60. The van der Waals surface area contributed by atoms with Crippen molar-refractivity contribution in [3.05, 3.63) is 60.3 Å². The van der Waals surface area contributed by atoms with Crippen molar-refractivity contribution in [3.63, 3.8) is 0 Å². The molecule has 22 heavy (non-hydrogen) atoms. The van der Waals surface area contributed by atoms with Gasteiger partial charge in [0.15, 0.2) is 0 Å². The Hall–Kier alpha value is -2.29. The predicted octanol–water partition coefficient (Wildman–Crippen LogP) is 4.28. The van der Waals surface area contributed by atoms with Crippen molar-refractivity contribution in [2.45, 2.75) is 26.7 Å². The Morgan fingerprint density at radius 2 is 1.86 bits per heavy atom. The maximum absolute atomic E-state index is 5.42. The van der Waals surface area contributed by atoms with Crippen LogP contribution in [0.3, 0.4) is 0 Å². The van der Waals surface area contributed by atoms with Crippen molar-refractivity contribution in [2.24, 2.45) is 0 Å². The van der Waals surface area contributed by atoms with Crippen LogP contribution in [-0.2, 0) is 12.8 Å². The molecule has 0 bridgehead atoms. The smallest absolute Gasteiger partial charge is 0.124 e. The minimum absolute atomic E-state index is 0.807. The van der Waals surface area contributed by atoms with E-state index in [1.165, 1.54) is 5.56 Å². The second kappa shape index (κ2) is 5.84. The highest BCUT2D eigenvalue weighted by atomic mass is 16.5. The predicted molar refractivity (Wildman–Crippen MR) is 90.8 cm³/mol. The molecule has 1 heterocycles. The van der Waals surface area contributed by atoms with Crippen LogP contribution in [0, 0.1) is 13.8 Å². The zero-order chi connectivity index (χ0) is 15.7. The molecular formula is C19H21N2O. The third-order valence-corrected chi connectivity index (χ3v) is 4.12. The lowest BCUT2D eigenvalue weighted by Gasteiger charge is -2.10. The summed E-state index contributed by atoms with van der Waals surface area (Å²) in [5, 5.41) is 0. The van der Waals surface area contributed by atoms with E-state index in [4.69, 9.17) is 9.72 Å². The highest BCUT2D eigenvalue weighted by Gasteiger charge is 2.15. The first-order valence-electron chi connectivity index (χ1n) is 7.63. The minimum atomic E-state index is 0.807. The Kier molecular flexibility index (Phi) is 3.88. The molecule has 0 aliphatic heterocycles. The van der Waals surface area contributed by atoms with Crippen LogP contribution in [0.25, 0.3) is 16.7 Å². The van der Waals surface area contributed by atoms with Crippen molar-refractivity contribution in [2.75, 3.05) is 7.11 Å². The summed E-state index contributed by atoms with van der Waals surface area (Å²) in [4.78, 5) is 4.83. The Morgan fingerprint density at radius 1 is 1.14 bits per heavy atom. The van der Waals surface area contributed by atoms with Gasteiger partial charge in [-0.15, -0.1) is 0 Å². The van der Waals surface area contributed by atoms with Gasteiger partial charge in [-0.05, 0) is 50.1 Å². The second-order valence-electron chi connectivity index (χ2n) is 5.39. The fourth-order valence-corrected chi connectivity index (χ4v) is 2.87. The van der Waals surface area contributed by atoms with Crippen LogP contribution in [0.5, 0.6) is 5.75 Å². The molecule has 3 rings (SSSR count). The summed E-state index contributed by atoms with van der Waals surface area (Å²) in [6.07, 6.45) is 1.69. The Morgan fingerprint density at radius 3 is 2.45 bits per heavy atom. The molecule has 1 radical (unpaired) electrons. The maximum atomic E-state index is 5.42. The lowest BCUT2D eigenvalue weighted by atomic mass is 10.1. The fourth-order valence-electron chi connectivity index (χ4n) is 2.87. The molecule has 0 aliphatic carbocycles. The zero-order valence-electron chi connectivity index (χ0n) is 13.4. The van der Waals surface area contributed by atoms with Crippen LogP contribution in [0.4, 0.5) is 0 Å². The van der Waals surface area contributed by atoms with Crippen molar-refractivity contribution in [1.29, 1.82) is 0 Å². The summed E-state index contributed by atoms with van der Waals surface area (Å²) in [6, 6.07) is 12.6. The number of methoxy groups -OCH3 is 1. The van der Waals surface area contributed by atoms with Gasteiger partial charge in [-0.3, -0.25) is 4.57 Å². The average Bonchev–Trinajstić information content (AvgIpc) is 2.95. The van der Waals surface area contributed by atoms with Crippen molar-refractivity contribution < 1.29 is 4.74 Å². The molecule has 0 unspecified atom stereocenters. The van der Waals surface area contributed by atoms with Gasteiger partial charge in [-0.2, -0.15) is 0 Å². The summed E-state index contributed by atoms with van der Waals surface area (Å²) >= 11 is 0. The normalized spacial score (nSPS) is 11.1. The van der Waals surface area contributed by atoms with E-state index in [0.29, 0.717) is 0 Å². The van der Waals surface area contributed by atoms with Gasteiger partial charge in [0.1, 0.15) is 11.6 Å². The van der Waals surface area contributed by atoms with Crippen LogP contribution in [0.2, 0.25) is 0 Å². The number of benzene rings is 2. The maximum Gasteiger partial charge on any atom is 0.124 e. The Labute approximate surface area is 131 Å². The molecule has 2 aromatic carbocycles. The van der Waals surface area contributed by atoms with E-state index >= 15 is 0 Å². The van der Waals surface area contributed by atoms with E-state index in [2.05, 4.69) is 55.7 Å². The standard InChI is InChI=1S/C19H21N2O/c1-5-14-7-9-15(10-8-14)21-16-11-12-17(22-4)13(3)19(16)20-18(21)6-2/h7-12H,1,5-6H2,2-4H3. The molecule has 0 aliphatic rings. The van der Waals surface area contributed by atoms with Gasteiger partial charge in [0.2, 0.25) is 0 Å². The van der Waals surface area contributed by atoms with Gasteiger partial charge in [0, 0.05) is 17.7 Å². The molecule has 3 heteroatoms. The number of ether oxygens (including phenoxy) is 1. The van der Waals surface area contributed by atoms with Gasteiger partial charge in [0.05, 0.1) is 18.1 Å². The molecule has 3 nitrogen and oxygen atoms in total. The molecular weight excluding hydrogens is 272 g/mol. The first kappa shape index (κ1) is 14.6. The van der Waals surface area contributed by atoms with E-state index < -0.39 is 0 Å². The molecule has 0 atom stereocenters. The van der Waals surface area contributed by atoms with E-state index in [0.717, 1.165) is 46.7 Å². The van der Waals surface area contributed by atoms with Crippen molar-refractivity contribution in [3.8, 4) is 11.4 Å². The number of hydrogen-bond donors (Lipinski definition) is 0. The molecule has 0 amide bonds. The van der Waals surface area contributed by atoms with Gasteiger partial charge < -0.3 is 4.74 Å². The fraction of sp³-hybridized carbons (Fsp3) is 0.263. The molecule has 113 valence electrons. The number of hydrogen-bond acceptors (Lipinski definition) is 2. The zero-order valence-corrected chi connectivity index (χ0v) is 13.4. The number of aromatic nitrogens is 2.